The second kappa shape index (κ2) is 10.6. The first-order valence-corrected chi connectivity index (χ1v) is 11.7. The van der Waals surface area contributed by atoms with Crippen molar-refractivity contribution in [3.8, 4) is 5.75 Å². The zero-order chi connectivity index (χ0) is 22.3. The molecule has 6 heteroatoms. The molecule has 6 nitrogen and oxygen atoms in total. The molecule has 2 aliphatic rings. The number of likely N-dealkylation sites (tertiary alicyclic amines) is 1. The first kappa shape index (κ1) is 22.3. The molecule has 0 radical (unpaired) electrons. The lowest BCUT2D eigenvalue weighted by Crippen LogP contribution is -2.37. The summed E-state index contributed by atoms with van der Waals surface area (Å²) in [5.74, 6) is 1.29. The van der Waals surface area contributed by atoms with Gasteiger partial charge in [0.05, 0.1) is 6.54 Å². The summed E-state index contributed by atoms with van der Waals surface area (Å²) in [4.78, 5) is 30.1. The van der Waals surface area contributed by atoms with Gasteiger partial charge >= 0.3 is 0 Å². The highest BCUT2D eigenvalue weighted by atomic mass is 16.5. The predicted molar refractivity (Wildman–Crippen MR) is 124 cm³/mol. The minimum absolute atomic E-state index is 0.124. The number of fused-ring (bicyclic) bond motifs is 1. The van der Waals surface area contributed by atoms with Crippen molar-refractivity contribution < 1.29 is 14.3 Å². The Kier molecular flexibility index (Phi) is 7.43. The van der Waals surface area contributed by atoms with Crippen molar-refractivity contribution in [1.82, 2.24) is 15.1 Å². The third-order valence-corrected chi connectivity index (χ3v) is 6.57. The number of benzene rings is 2. The third-order valence-electron chi connectivity index (χ3n) is 6.57. The Hall–Kier alpha value is -2.86. The summed E-state index contributed by atoms with van der Waals surface area (Å²) in [6.45, 7) is 7.47. The van der Waals surface area contributed by atoms with Crippen molar-refractivity contribution >= 4 is 11.8 Å². The predicted octanol–water partition coefficient (Wildman–Crippen LogP) is 3.46. The summed E-state index contributed by atoms with van der Waals surface area (Å²) in [7, 11) is 0. The quantitative estimate of drug-likeness (QED) is 0.755. The molecular formula is C26H33N3O3. The van der Waals surface area contributed by atoms with Gasteiger partial charge in [0.25, 0.3) is 5.91 Å². The van der Waals surface area contributed by atoms with Crippen LogP contribution in [-0.2, 0) is 17.9 Å². The lowest BCUT2D eigenvalue weighted by Gasteiger charge is -2.31. The van der Waals surface area contributed by atoms with Gasteiger partial charge in [0, 0.05) is 30.6 Å². The van der Waals surface area contributed by atoms with Crippen LogP contribution in [0.25, 0.3) is 0 Å². The van der Waals surface area contributed by atoms with Gasteiger partial charge in [-0.3, -0.25) is 9.59 Å². The summed E-state index contributed by atoms with van der Waals surface area (Å²) >= 11 is 0. The number of rotatable bonds is 6. The summed E-state index contributed by atoms with van der Waals surface area (Å²) in [6.07, 6.45) is 2.78. The molecule has 170 valence electrons. The van der Waals surface area contributed by atoms with Crippen molar-refractivity contribution in [1.29, 1.82) is 0 Å². The average molecular weight is 436 g/mol. The van der Waals surface area contributed by atoms with Gasteiger partial charge in [-0.05, 0) is 62.2 Å². The number of amides is 2. The van der Waals surface area contributed by atoms with E-state index < -0.39 is 0 Å². The average Bonchev–Trinajstić information content (AvgIpc) is 3.05. The molecule has 2 aromatic rings. The maximum Gasteiger partial charge on any atom is 0.251 e. The topological polar surface area (TPSA) is 61.9 Å². The molecular weight excluding hydrogens is 402 g/mol. The lowest BCUT2D eigenvalue weighted by molar-refractivity contribution is -0.133. The van der Waals surface area contributed by atoms with Crippen molar-refractivity contribution in [2.45, 2.75) is 39.3 Å². The van der Waals surface area contributed by atoms with E-state index in [1.165, 1.54) is 0 Å². The number of ether oxygens (including phenoxy) is 1. The second-order valence-electron chi connectivity index (χ2n) is 8.74. The van der Waals surface area contributed by atoms with Gasteiger partial charge < -0.3 is 19.9 Å². The van der Waals surface area contributed by atoms with Crippen LogP contribution in [0.15, 0.2) is 48.5 Å². The molecule has 32 heavy (non-hydrogen) atoms. The van der Waals surface area contributed by atoms with E-state index in [9.17, 15) is 9.59 Å². The fourth-order valence-electron chi connectivity index (χ4n) is 4.51. The van der Waals surface area contributed by atoms with E-state index in [0.29, 0.717) is 44.1 Å². The highest BCUT2D eigenvalue weighted by molar-refractivity contribution is 5.94. The number of nitrogens with zero attached hydrogens (tertiary/aromatic N) is 2. The van der Waals surface area contributed by atoms with Crippen LogP contribution < -0.4 is 10.1 Å². The van der Waals surface area contributed by atoms with E-state index in [2.05, 4.69) is 17.1 Å². The molecule has 1 fully saturated rings. The van der Waals surface area contributed by atoms with Crippen LogP contribution in [0.1, 0.15) is 47.7 Å². The van der Waals surface area contributed by atoms with E-state index in [4.69, 9.17) is 4.74 Å². The molecule has 0 unspecified atom stereocenters. The SMILES string of the molecule is CCN1CCC(CC(=O)N2CCOc3ccc(C(=O)NCc4ccccc4)cc3C2)CC1. The van der Waals surface area contributed by atoms with Gasteiger partial charge in [0.2, 0.25) is 5.91 Å². The van der Waals surface area contributed by atoms with Crippen LogP contribution in [0.5, 0.6) is 5.75 Å². The van der Waals surface area contributed by atoms with Gasteiger partial charge in [-0.1, -0.05) is 37.3 Å². The standard InChI is InChI=1S/C26H33N3O3/c1-2-28-12-10-20(11-13-28)16-25(30)29-14-15-32-24-9-8-22(17-23(24)19-29)26(31)27-18-21-6-4-3-5-7-21/h3-9,17,20H,2,10-16,18-19H2,1H3,(H,27,31). The summed E-state index contributed by atoms with van der Waals surface area (Å²) in [6, 6.07) is 15.3. The molecule has 2 heterocycles. The van der Waals surface area contributed by atoms with Gasteiger partial charge in [0.15, 0.2) is 0 Å². The van der Waals surface area contributed by atoms with Crippen molar-refractivity contribution in [3.63, 3.8) is 0 Å². The Morgan fingerprint density at radius 1 is 1.06 bits per heavy atom. The van der Waals surface area contributed by atoms with E-state index in [1.807, 2.05) is 47.4 Å². The van der Waals surface area contributed by atoms with Crippen LogP contribution in [-0.4, -0.2) is 54.4 Å². The Labute approximate surface area is 190 Å². The van der Waals surface area contributed by atoms with Crippen LogP contribution in [0.2, 0.25) is 0 Å². The Balaban J connectivity index is 1.37. The van der Waals surface area contributed by atoms with Crippen LogP contribution in [0, 0.1) is 5.92 Å². The minimum atomic E-state index is -0.124. The Bertz CT molecular complexity index is 923. The normalized spacial score (nSPS) is 17.2. The largest absolute Gasteiger partial charge is 0.491 e. The number of hydrogen-bond acceptors (Lipinski definition) is 4. The molecule has 0 spiro atoms. The van der Waals surface area contributed by atoms with Gasteiger partial charge in [-0.2, -0.15) is 0 Å². The van der Waals surface area contributed by atoms with E-state index in [-0.39, 0.29) is 11.8 Å². The molecule has 2 amide bonds. The van der Waals surface area contributed by atoms with Crippen molar-refractivity contribution in [2.75, 3.05) is 32.8 Å². The molecule has 4 rings (SSSR count). The number of carbonyl (C=O) groups is 2. The second-order valence-corrected chi connectivity index (χ2v) is 8.74. The first-order valence-electron chi connectivity index (χ1n) is 11.7. The van der Waals surface area contributed by atoms with Crippen molar-refractivity contribution in [3.05, 3.63) is 65.2 Å². The highest BCUT2D eigenvalue weighted by Crippen LogP contribution is 2.27. The molecule has 2 aromatic carbocycles. The summed E-state index contributed by atoms with van der Waals surface area (Å²) in [5.41, 5.74) is 2.54. The summed E-state index contributed by atoms with van der Waals surface area (Å²) < 4.78 is 5.88. The van der Waals surface area contributed by atoms with E-state index in [0.717, 1.165) is 49.4 Å². The Morgan fingerprint density at radius 2 is 1.84 bits per heavy atom. The zero-order valence-electron chi connectivity index (χ0n) is 18.9. The maximum atomic E-state index is 13.0. The van der Waals surface area contributed by atoms with Crippen molar-refractivity contribution in [2.24, 2.45) is 5.92 Å². The lowest BCUT2D eigenvalue weighted by atomic mass is 9.93. The highest BCUT2D eigenvalue weighted by Gasteiger charge is 2.25. The van der Waals surface area contributed by atoms with Gasteiger partial charge in [-0.15, -0.1) is 0 Å². The smallest absolute Gasteiger partial charge is 0.251 e. The monoisotopic (exact) mass is 435 g/mol. The first-order chi connectivity index (χ1) is 15.6. The van der Waals surface area contributed by atoms with Crippen LogP contribution in [0.4, 0.5) is 0 Å². The third kappa shape index (κ3) is 5.68. The number of nitrogens with one attached hydrogen (secondary N) is 1. The maximum absolute atomic E-state index is 13.0. The molecule has 0 aliphatic carbocycles. The van der Waals surface area contributed by atoms with Crippen LogP contribution in [0.3, 0.4) is 0 Å². The van der Waals surface area contributed by atoms with E-state index >= 15 is 0 Å². The molecule has 1 N–H and O–H groups in total. The molecule has 0 saturated carbocycles. The fourth-order valence-corrected chi connectivity index (χ4v) is 4.51. The molecule has 0 bridgehead atoms. The molecule has 0 aromatic heterocycles. The van der Waals surface area contributed by atoms with Crippen LogP contribution >= 0.6 is 0 Å². The van der Waals surface area contributed by atoms with Gasteiger partial charge in [-0.25, -0.2) is 0 Å². The van der Waals surface area contributed by atoms with Gasteiger partial charge in [0.1, 0.15) is 12.4 Å². The number of hydrogen-bond donors (Lipinski definition) is 1. The Morgan fingerprint density at radius 3 is 2.59 bits per heavy atom. The molecule has 2 aliphatic heterocycles. The van der Waals surface area contributed by atoms with E-state index in [1.54, 1.807) is 6.07 Å². The number of piperidine rings is 1. The summed E-state index contributed by atoms with van der Waals surface area (Å²) in [5, 5.41) is 2.97. The molecule has 0 atom stereocenters. The minimum Gasteiger partial charge on any atom is -0.491 e. The molecule has 1 saturated heterocycles. The fraction of sp³-hybridized carbons (Fsp3) is 0.462. The zero-order valence-corrected chi connectivity index (χ0v) is 18.9. The number of carbonyl (C=O) groups excluding carboxylic acids is 2.